The normalized spacial score (nSPS) is 12.2. The van der Waals surface area contributed by atoms with E-state index >= 15 is 0 Å². The first-order chi connectivity index (χ1) is 11.8. The van der Waals surface area contributed by atoms with Crippen LogP contribution in [0.15, 0.2) is 30.3 Å². The van der Waals surface area contributed by atoms with E-state index in [0.29, 0.717) is 21.3 Å². The van der Waals surface area contributed by atoms with Crippen molar-refractivity contribution in [2.75, 3.05) is 5.32 Å². The highest BCUT2D eigenvalue weighted by Crippen LogP contribution is 2.40. The van der Waals surface area contributed by atoms with E-state index in [1.807, 2.05) is 41.5 Å². The number of benzene rings is 2. The number of carbonyl (C=O) groups excluding carboxylic acids is 1. The number of phenols is 1. The fraction of sp³-hybridized carbons (Fsp3) is 0.381. The second kappa shape index (κ2) is 7.13. The Morgan fingerprint density at radius 2 is 1.42 bits per heavy atom. The number of amides is 1. The quantitative estimate of drug-likeness (QED) is 0.607. The average molecular weight is 394 g/mol. The molecule has 0 fully saturated rings. The number of anilines is 1. The van der Waals surface area contributed by atoms with Gasteiger partial charge >= 0.3 is 0 Å². The molecule has 0 aliphatic heterocycles. The number of aromatic hydroxyl groups is 1. The van der Waals surface area contributed by atoms with Gasteiger partial charge in [-0.3, -0.25) is 4.79 Å². The Hall–Kier alpha value is -1.71. The lowest BCUT2D eigenvalue weighted by Crippen LogP contribution is -2.20. The highest BCUT2D eigenvalue weighted by molar-refractivity contribution is 6.36. The van der Waals surface area contributed by atoms with Crippen LogP contribution in [0.3, 0.4) is 0 Å². The molecule has 3 nitrogen and oxygen atoms in total. The first-order valence-electron chi connectivity index (χ1n) is 8.45. The molecule has 0 radical (unpaired) electrons. The highest BCUT2D eigenvalue weighted by atomic mass is 35.5. The van der Waals surface area contributed by atoms with Gasteiger partial charge in [0, 0.05) is 21.7 Å². The van der Waals surface area contributed by atoms with Crippen LogP contribution in [-0.2, 0) is 10.8 Å². The SMILES string of the molecule is CC(C)(C)c1cc(C(=O)Nc2ccc(Cl)cc2Cl)cc(C(C)(C)C)c1O. The third-order valence-electron chi connectivity index (χ3n) is 4.17. The van der Waals surface area contributed by atoms with Crippen LogP contribution < -0.4 is 5.32 Å². The summed E-state index contributed by atoms with van der Waals surface area (Å²) in [6, 6.07) is 8.39. The van der Waals surface area contributed by atoms with E-state index in [2.05, 4.69) is 5.32 Å². The summed E-state index contributed by atoms with van der Waals surface area (Å²) in [5.74, 6) is -0.0451. The molecule has 0 bridgehead atoms. The molecule has 0 atom stereocenters. The zero-order chi connectivity index (χ0) is 19.9. The van der Waals surface area contributed by atoms with Crippen LogP contribution in [0.2, 0.25) is 10.0 Å². The van der Waals surface area contributed by atoms with Gasteiger partial charge in [0.05, 0.1) is 10.7 Å². The first kappa shape index (κ1) is 20.6. The summed E-state index contributed by atoms with van der Waals surface area (Å²) in [6.45, 7) is 12.0. The van der Waals surface area contributed by atoms with Crippen molar-refractivity contribution in [2.45, 2.75) is 52.4 Å². The largest absolute Gasteiger partial charge is 0.507 e. The van der Waals surface area contributed by atoms with Crippen LogP contribution in [0.5, 0.6) is 5.75 Å². The maximum atomic E-state index is 12.8. The van der Waals surface area contributed by atoms with Crippen molar-refractivity contribution in [3.05, 3.63) is 57.1 Å². The van der Waals surface area contributed by atoms with Crippen molar-refractivity contribution in [3.8, 4) is 5.75 Å². The molecule has 2 aromatic rings. The topological polar surface area (TPSA) is 49.3 Å². The Balaban J connectivity index is 2.53. The zero-order valence-electron chi connectivity index (χ0n) is 16.0. The van der Waals surface area contributed by atoms with E-state index in [1.54, 1.807) is 30.3 Å². The van der Waals surface area contributed by atoms with Gasteiger partial charge in [-0.25, -0.2) is 0 Å². The monoisotopic (exact) mass is 393 g/mol. The Kier molecular flexibility index (Phi) is 5.65. The van der Waals surface area contributed by atoms with Gasteiger partial charge in [-0.1, -0.05) is 64.7 Å². The Labute approximate surface area is 165 Å². The second-order valence-electron chi connectivity index (χ2n) is 8.50. The van der Waals surface area contributed by atoms with Crippen LogP contribution in [0.1, 0.15) is 63.0 Å². The highest BCUT2D eigenvalue weighted by Gasteiger charge is 2.27. The van der Waals surface area contributed by atoms with E-state index in [1.165, 1.54) is 0 Å². The minimum absolute atomic E-state index is 0.242. The predicted octanol–water partition coefficient (Wildman–Crippen LogP) is 6.55. The molecule has 26 heavy (non-hydrogen) atoms. The molecule has 0 aliphatic carbocycles. The smallest absolute Gasteiger partial charge is 0.255 e. The molecule has 2 aromatic carbocycles. The van der Waals surface area contributed by atoms with Gasteiger partial charge in [-0.2, -0.15) is 0 Å². The Morgan fingerprint density at radius 1 is 0.923 bits per heavy atom. The number of hydrogen-bond donors (Lipinski definition) is 2. The molecule has 2 N–H and O–H groups in total. The molecule has 5 heteroatoms. The summed E-state index contributed by atoms with van der Waals surface area (Å²) < 4.78 is 0. The van der Waals surface area contributed by atoms with Gasteiger partial charge in [-0.15, -0.1) is 0 Å². The molecule has 0 saturated heterocycles. The summed E-state index contributed by atoms with van der Waals surface area (Å²) in [4.78, 5) is 12.8. The van der Waals surface area contributed by atoms with Gasteiger partial charge in [-0.05, 0) is 41.2 Å². The molecule has 0 unspecified atom stereocenters. The number of carbonyl (C=O) groups is 1. The lowest BCUT2D eigenvalue weighted by molar-refractivity contribution is 0.102. The first-order valence-corrected chi connectivity index (χ1v) is 9.20. The van der Waals surface area contributed by atoms with Crippen molar-refractivity contribution in [1.29, 1.82) is 0 Å². The molecular formula is C21H25Cl2NO2. The molecule has 0 spiro atoms. The number of rotatable bonds is 2. The fourth-order valence-corrected chi connectivity index (χ4v) is 3.15. The summed E-state index contributed by atoms with van der Waals surface area (Å²) in [5.41, 5.74) is 1.82. The van der Waals surface area contributed by atoms with Crippen molar-refractivity contribution in [3.63, 3.8) is 0 Å². The number of halogens is 2. The van der Waals surface area contributed by atoms with Gasteiger partial charge < -0.3 is 10.4 Å². The van der Waals surface area contributed by atoms with Crippen LogP contribution in [0, 0.1) is 0 Å². The third-order valence-corrected chi connectivity index (χ3v) is 4.72. The van der Waals surface area contributed by atoms with Crippen LogP contribution >= 0.6 is 23.2 Å². The number of phenolic OH excluding ortho intramolecular Hbond substituents is 1. The van der Waals surface area contributed by atoms with Crippen LogP contribution in [0.25, 0.3) is 0 Å². The molecule has 0 aliphatic rings. The Bertz CT molecular complexity index is 811. The lowest BCUT2D eigenvalue weighted by atomic mass is 9.78. The zero-order valence-corrected chi connectivity index (χ0v) is 17.5. The average Bonchev–Trinajstić information content (AvgIpc) is 2.47. The van der Waals surface area contributed by atoms with E-state index in [0.717, 1.165) is 11.1 Å². The number of hydrogen-bond acceptors (Lipinski definition) is 2. The minimum atomic E-state index is -0.307. The minimum Gasteiger partial charge on any atom is -0.507 e. The fourth-order valence-electron chi connectivity index (χ4n) is 2.69. The molecule has 140 valence electrons. The van der Waals surface area contributed by atoms with Gasteiger partial charge in [0.2, 0.25) is 0 Å². The summed E-state index contributed by atoms with van der Waals surface area (Å²) in [5, 5.41) is 14.5. The van der Waals surface area contributed by atoms with E-state index in [9.17, 15) is 9.90 Å². The summed E-state index contributed by atoms with van der Waals surface area (Å²) >= 11 is 12.1. The molecule has 1 amide bonds. The van der Waals surface area contributed by atoms with Gasteiger partial charge in [0.25, 0.3) is 5.91 Å². The molecule has 0 heterocycles. The molecule has 2 rings (SSSR count). The van der Waals surface area contributed by atoms with Gasteiger partial charge in [0.1, 0.15) is 5.75 Å². The van der Waals surface area contributed by atoms with E-state index in [-0.39, 0.29) is 22.5 Å². The lowest BCUT2D eigenvalue weighted by Gasteiger charge is -2.28. The van der Waals surface area contributed by atoms with Crippen molar-refractivity contribution in [1.82, 2.24) is 0 Å². The summed E-state index contributed by atoms with van der Waals surface area (Å²) in [7, 11) is 0. The van der Waals surface area contributed by atoms with E-state index < -0.39 is 0 Å². The van der Waals surface area contributed by atoms with Crippen molar-refractivity contribution < 1.29 is 9.90 Å². The maximum Gasteiger partial charge on any atom is 0.255 e. The molecule has 0 aromatic heterocycles. The van der Waals surface area contributed by atoms with E-state index in [4.69, 9.17) is 23.2 Å². The molecular weight excluding hydrogens is 369 g/mol. The number of nitrogens with one attached hydrogen (secondary N) is 1. The predicted molar refractivity (Wildman–Crippen MR) is 110 cm³/mol. The standard InChI is InChI=1S/C21H25Cl2NO2/c1-20(2,3)14-9-12(10-15(18(14)25)21(4,5)6)19(26)24-17-8-7-13(22)11-16(17)23/h7-11,25H,1-6H3,(H,24,26). The summed E-state index contributed by atoms with van der Waals surface area (Å²) in [6.07, 6.45) is 0. The Morgan fingerprint density at radius 3 is 1.85 bits per heavy atom. The second-order valence-corrected chi connectivity index (χ2v) is 9.34. The van der Waals surface area contributed by atoms with Crippen molar-refractivity contribution in [2.24, 2.45) is 0 Å². The molecule has 0 saturated carbocycles. The maximum absolute atomic E-state index is 12.8. The third kappa shape index (κ3) is 4.52. The van der Waals surface area contributed by atoms with Crippen LogP contribution in [-0.4, -0.2) is 11.0 Å². The van der Waals surface area contributed by atoms with Crippen LogP contribution in [0.4, 0.5) is 5.69 Å². The van der Waals surface area contributed by atoms with Crippen molar-refractivity contribution >= 4 is 34.8 Å². The van der Waals surface area contributed by atoms with Gasteiger partial charge in [0.15, 0.2) is 0 Å².